The Morgan fingerprint density at radius 3 is 1.31 bits per heavy atom. The highest BCUT2D eigenvalue weighted by atomic mass is 127. The van der Waals surface area contributed by atoms with E-state index in [2.05, 4.69) is 127 Å². The molecule has 0 saturated heterocycles. The monoisotopic (exact) mass is 840 g/mol. The Labute approximate surface area is 245 Å². The lowest BCUT2D eigenvalue weighted by Crippen LogP contribution is -1.82. The van der Waals surface area contributed by atoms with Gasteiger partial charge in [-0.05, 0) is 103 Å². The number of thiophene rings is 4. The molecule has 6 aromatic rings. The molecule has 0 aliphatic carbocycles. The second-order valence-corrected chi connectivity index (χ2v) is 15.6. The molecule has 0 nitrogen and oxygen atoms in total. The second kappa shape index (κ2) is 8.53. The predicted octanol–water partition coefficient (Wildman–Crippen LogP) is 12.1. The summed E-state index contributed by atoms with van der Waals surface area (Å²) >= 11 is 20.5. The van der Waals surface area contributed by atoms with E-state index in [1.165, 1.54) is 76.3 Å². The smallest absolute Gasteiger partial charge is 0.0651 e. The Morgan fingerprint density at radius 1 is 0.562 bits per heavy atom. The first-order chi connectivity index (χ1) is 15.3. The van der Waals surface area contributed by atoms with Crippen molar-refractivity contribution in [3.63, 3.8) is 0 Å². The van der Waals surface area contributed by atoms with Gasteiger partial charge in [-0.1, -0.05) is 35.4 Å². The van der Waals surface area contributed by atoms with Crippen molar-refractivity contribution in [3.05, 3.63) is 63.6 Å². The van der Waals surface area contributed by atoms with Crippen LogP contribution in [-0.4, -0.2) is 0 Å². The third-order valence-corrected chi connectivity index (χ3v) is 15.4. The van der Waals surface area contributed by atoms with Crippen LogP contribution in [0.2, 0.25) is 0 Å². The highest BCUT2D eigenvalue weighted by Crippen LogP contribution is 2.57. The van der Waals surface area contributed by atoms with Gasteiger partial charge in [0.25, 0.3) is 0 Å². The van der Waals surface area contributed by atoms with Crippen molar-refractivity contribution in [3.8, 4) is 20.9 Å². The second-order valence-electron chi connectivity index (χ2n) is 7.64. The molecule has 4 heterocycles. The third-order valence-electron chi connectivity index (χ3n) is 5.38. The van der Waals surface area contributed by atoms with E-state index in [4.69, 9.17) is 0 Å². The number of halogens is 4. The number of fused-ring (bicyclic) bond motifs is 5. The summed E-state index contributed by atoms with van der Waals surface area (Å²) < 4.78 is 13.5. The minimum absolute atomic E-state index is 1.24. The fourth-order valence-electron chi connectivity index (χ4n) is 3.82. The van der Waals surface area contributed by atoms with Gasteiger partial charge in [0.05, 0.1) is 46.9 Å². The Morgan fingerprint density at radius 2 is 0.938 bits per heavy atom. The van der Waals surface area contributed by atoms with Crippen molar-refractivity contribution < 1.29 is 0 Å². The van der Waals surface area contributed by atoms with Crippen LogP contribution in [0.15, 0.2) is 45.3 Å². The normalized spacial score (nSPS) is 12.1. The summed E-state index contributed by atoms with van der Waals surface area (Å²) in [6.45, 7) is 4.30. The van der Waals surface area contributed by atoms with Gasteiger partial charge in [-0.2, -0.15) is 0 Å². The Bertz CT molecular complexity index is 1570. The Balaban J connectivity index is 1.57. The van der Waals surface area contributed by atoms with Crippen LogP contribution in [0.25, 0.3) is 49.1 Å². The van der Waals surface area contributed by atoms with Crippen LogP contribution in [0.1, 0.15) is 11.1 Å². The molecule has 32 heavy (non-hydrogen) atoms. The topological polar surface area (TPSA) is 0 Å². The summed E-state index contributed by atoms with van der Waals surface area (Å²) in [5.74, 6) is 0. The van der Waals surface area contributed by atoms with Gasteiger partial charge in [0.2, 0.25) is 0 Å². The maximum atomic E-state index is 3.96. The fourth-order valence-corrected chi connectivity index (χ4v) is 13.9. The minimum atomic E-state index is 1.24. The van der Waals surface area contributed by atoms with Crippen LogP contribution in [0, 0.1) is 21.0 Å². The number of hydrogen-bond donors (Lipinski definition) is 0. The zero-order valence-electron chi connectivity index (χ0n) is 16.6. The SMILES string of the molecule is Cc1ccc(-c2sc3c(sc4c5sc(-c6ccc(C)cc6I)c(Br)c5sc34)c2Br)c(I)c1. The van der Waals surface area contributed by atoms with Gasteiger partial charge in [0.1, 0.15) is 0 Å². The van der Waals surface area contributed by atoms with Gasteiger partial charge in [-0.15, -0.1) is 45.3 Å². The maximum Gasteiger partial charge on any atom is 0.0651 e. The van der Waals surface area contributed by atoms with E-state index in [9.17, 15) is 0 Å². The lowest BCUT2D eigenvalue weighted by Gasteiger charge is -2.04. The molecule has 0 atom stereocenters. The molecular weight excluding hydrogens is 830 g/mol. The highest BCUT2D eigenvalue weighted by Gasteiger charge is 2.24. The van der Waals surface area contributed by atoms with Gasteiger partial charge < -0.3 is 0 Å². The minimum Gasteiger partial charge on any atom is -0.131 e. The molecule has 0 aliphatic rings. The molecule has 0 saturated carbocycles. The van der Waals surface area contributed by atoms with Crippen molar-refractivity contribution in [1.82, 2.24) is 0 Å². The van der Waals surface area contributed by atoms with Gasteiger partial charge in [0.15, 0.2) is 0 Å². The van der Waals surface area contributed by atoms with Gasteiger partial charge in [-0.3, -0.25) is 0 Å². The quantitative estimate of drug-likeness (QED) is 0.152. The Hall–Kier alpha value is 0.440. The van der Waals surface area contributed by atoms with Crippen LogP contribution >= 0.6 is 122 Å². The summed E-state index contributed by atoms with van der Waals surface area (Å²) in [6.07, 6.45) is 0. The molecular formula is C24H12Br2I2S4. The van der Waals surface area contributed by atoms with Crippen molar-refractivity contribution in [2.45, 2.75) is 13.8 Å². The molecule has 8 heteroatoms. The van der Waals surface area contributed by atoms with Crippen LogP contribution in [0.4, 0.5) is 0 Å². The first kappa shape index (κ1) is 22.9. The lowest BCUT2D eigenvalue weighted by atomic mass is 10.1. The van der Waals surface area contributed by atoms with Gasteiger partial charge >= 0.3 is 0 Å². The van der Waals surface area contributed by atoms with E-state index in [1.54, 1.807) is 0 Å². The lowest BCUT2D eigenvalue weighted by molar-refractivity contribution is 1.45. The zero-order valence-corrected chi connectivity index (χ0v) is 27.4. The molecule has 0 amide bonds. The number of aryl methyl sites for hydroxylation is 2. The van der Waals surface area contributed by atoms with Crippen molar-refractivity contribution >= 4 is 151 Å². The summed E-state index contributed by atoms with van der Waals surface area (Å²) in [7, 11) is 0. The van der Waals surface area contributed by atoms with E-state index in [0.29, 0.717) is 0 Å². The van der Waals surface area contributed by atoms with Gasteiger partial charge in [-0.25, -0.2) is 0 Å². The van der Waals surface area contributed by atoms with Crippen molar-refractivity contribution in [1.29, 1.82) is 0 Å². The predicted molar refractivity (Wildman–Crippen MR) is 172 cm³/mol. The van der Waals surface area contributed by atoms with Crippen LogP contribution in [0.3, 0.4) is 0 Å². The van der Waals surface area contributed by atoms with E-state index >= 15 is 0 Å². The summed E-state index contributed by atoms with van der Waals surface area (Å²) in [6, 6.07) is 13.5. The molecule has 6 rings (SSSR count). The third kappa shape index (κ3) is 3.53. The maximum absolute atomic E-state index is 3.96. The molecule has 0 spiro atoms. The fraction of sp³-hybridized carbons (Fsp3) is 0.0833. The number of rotatable bonds is 2. The largest absolute Gasteiger partial charge is 0.131 e. The summed E-state index contributed by atoms with van der Waals surface area (Å²) in [4.78, 5) is 2.67. The van der Waals surface area contributed by atoms with Crippen LogP contribution in [0.5, 0.6) is 0 Å². The first-order valence-corrected chi connectivity index (χ1v) is 16.6. The molecule has 160 valence electrons. The summed E-state index contributed by atoms with van der Waals surface area (Å²) in [5.41, 5.74) is 5.25. The molecule has 2 aromatic carbocycles. The highest BCUT2D eigenvalue weighted by molar-refractivity contribution is 14.1. The molecule has 0 radical (unpaired) electrons. The average molecular weight is 842 g/mol. The van der Waals surface area contributed by atoms with E-state index in [-0.39, 0.29) is 0 Å². The van der Waals surface area contributed by atoms with E-state index in [1.807, 2.05) is 45.3 Å². The van der Waals surface area contributed by atoms with E-state index < -0.39 is 0 Å². The van der Waals surface area contributed by atoms with E-state index in [0.717, 1.165) is 0 Å². The first-order valence-electron chi connectivity index (χ1n) is 9.61. The number of hydrogen-bond acceptors (Lipinski definition) is 4. The standard InChI is InChI=1S/C24H12Br2I2S4/c1-9-3-5-11(13(27)7-9)17-15(25)19-21(29-17)23-24(31-19)22-20(32-23)16(26)18(30-22)12-6-4-10(2)8-14(12)28/h3-8H,1-2H3. The van der Waals surface area contributed by atoms with Crippen LogP contribution in [-0.2, 0) is 0 Å². The molecule has 0 bridgehead atoms. The van der Waals surface area contributed by atoms with Crippen molar-refractivity contribution in [2.75, 3.05) is 0 Å². The molecule has 0 fully saturated rings. The molecule has 0 aliphatic heterocycles. The van der Waals surface area contributed by atoms with Crippen molar-refractivity contribution in [2.24, 2.45) is 0 Å². The van der Waals surface area contributed by atoms with Gasteiger partial charge in [0, 0.05) is 18.3 Å². The molecule has 0 unspecified atom stereocenters. The average Bonchev–Trinajstić information content (AvgIpc) is 3.43. The molecule has 4 aromatic heterocycles. The zero-order chi connectivity index (χ0) is 22.3. The number of benzene rings is 2. The summed E-state index contributed by atoms with van der Waals surface area (Å²) in [5, 5.41) is 0. The Kier molecular flexibility index (Phi) is 6.10. The molecule has 0 N–H and O–H groups in total. The van der Waals surface area contributed by atoms with Crippen LogP contribution < -0.4 is 0 Å².